The summed E-state index contributed by atoms with van der Waals surface area (Å²) in [5.41, 5.74) is 8.49. The zero-order chi connectivity index (χ0) is 13.8. The van der Waals surface area contributed by atoms with Crippen molar-refractivity contribution in [2.24, 2.45) is 5.73 Å². The topological polar surface area (TPSA) is 55.9 Å². The van der Waals surface area contributed by atoms with Gasteiger partial charge in [-0.2, -0.15) is 5.10 Å². The first-order chi connectivity index (χ1) is 9.06. The summed E-state index contributed by atoms with van der Waals surface area (Å²) in [6.07, 6.45) is 3.83. The summed E-state index contributed by atoms with van der Waals surface area (Å²) in [4.78, 5) is 0.333. The average molecular weight is 295 g/mol. The van der Waals surface area contributed by atoms with E-state index in [0.717, 1.165) is 29.9 Å². The summed E-state index contributed by atoms with van der Waals surface area (Å²) in [6.45, 7) is 3.52. The quantitative estimate of drug-likeness (QED) is 0.832. The van der Waals surface area contributed by atoms with E-state index in [1.807, 2.05) is 36.1 Å². The van der Waals surface area contributed by atoms with Crippen LogP contribution in [0.15, 0.2) is 30.6 Å². The molecule has 0 amide bonds. The Hall–Kier alpha value is -1.59. The van der Waals surface area contributed by atoms with Crippen molar-refractivity contribution in [3.8, 4) is 0 Å². The van der Waals surface area contributed by atoms with Crippen LogP contribution in [0.1, 0.15) is 11.1 Å². The number of aryl methyl sites for hydroxylation is 1. The number of nitrogens with two attached hydrogens (primary N) is 1. The maximum absolute atomic E-state index is 5.94. The Bertz CT molecular complexity index is 594. The molecule has 3 N–H and O–H groups in total. The van der Waals surface area contributed by atoms with Gasteiger partial charge in [0.05, 0.1) is 12.7 Å². The normalized spacial score (nSPS) is 10.4. The van der Waals surface area contributed by atoms with Crippen LogP contribution in [0.2, 0.25) is 5.02 Å². The number of thiocarbonyl (C=S) groups is 1. The van der Waals surface area contributed by atoms with Gasteiger partial charge in [0.15, 0.2) is 0 Å². The summed E-state index contributed by atoms with van der Waals surface area (Å²) >= 11 is 11.0. The van der Waals surface area contributed by atoms with E-state index in [-0.39, 0.29) is 0 Å². The number of nitrogens with zero attached hydrogens (tertiary/aromatic N) is 2. The highest BCUT2D eigenvalue weighted by Crippen LogP contribution is 2.20. The van der Waals surface area contributed by atoms with Crippen LogP contribution >= 0.6 is 23.8 Å². The molecule has 0 saturated carbocycles. The van der Waals surface area contributed by atoms with Gasteiger partial charge >= 0.3 is 0 Å². The van der Waals surface area contributed by atoms with Crippen molar-refractivity contribution in [3.05, 3.63) is 46.7 Å². The molecule has 0 spiro atoms. The van der Waals surface area contributed by atoms with E-state index in [9.17, 15) is 0 Å². The maximum atomic E-state index is 5.94. The van der Waals surface area contributed by atoms with Crippen molar-refractivity contribution < 1.29 is 0 Å². The van der Waals surface area contributed by atoms with Crippen molar-refractivity contribution in [2.45, 2.75) is 13.5 Å². The fraction of sp³-hybridized carbons (Fsp3) is 0.231. The van der Waals surface area contributed by atoms with Gasteiger partial charge in [-0.1, -0.05) is 23.8 Å². The zero-order valence-corrected chi connectivity index (χ0v) is 12.1. The lowest BCUT2D eigenvalue weighted by Gasteiger charge is -2.11. The summed E-state index contributed by atoms with van der Waals surface area (Å²) in [5, 5.41) is 8.14. The number of hydrogen-bond donors (Lipinski definition) is 2. The third kappa shape index (κ3) is 3.68. The van der Waals surface area contributed by atoms with Crippen LogP contribution in [0.4, 0.5) is 5.69 Å². The zero-order valence-electron chi connectivity index (χ0n) is 10.6. The number of rotatable bonds is 5. The van der Waals surface area contributed by atoms with Crippen molar-refractivity contribution in [1.82, 2.24) is 9.78 Å². The predicted octanol–water partition coefficient (Wildman–Crippen LogP) is 2.59. The van der Waals surface area contributed by atoms with Gasteiger partial charge in [0.1, 0.15) is 4.99 Å². The van der Waals surface area contributed by atoms with Crippen LogP contribution in [0, 0.1) is 6.92 Å². The monoisotopic (exact) mass is 294 g/mol. The Morgan fingerprint density at radius 2 is 2.32 bits per heavy atom. The highest BCUT2D eigenvalue weighted by atomic mass is 35.5. The molecule has 2 aromatic rings. The van der Waals surface area contributed by atoms with Gasteiger partial charge in [0.25, 0.3) is 0 Å². The smallest absolute Gasteiger partial charge is 0.106 e. The Morgan fingerprint density at radius 3 is 2.95 bits per heavy atom. The van der Waals surface area contributed by atoms with Crippen LogP contribution in [-0.4, -0.2) is 21.3 Å². The molecule has 6 heteroatoms. The van der Waals surface area contributed by atoms with Crippen LogP contribution in [0.25, 0.3) is 0 Å². The third-order valence-corrected chi connectivity index (χ3v) is 3.12. The third-order valence-electron chi connectivity index (χ3n) is 2.67. The number of benzene rings is 1. The van der Waals surface area contributed by atoms with Gasteiger partial charge in [-0.15, -0.1) is 0 Å². The van der Waals surface area contributed by atoms with E-state index in [1.165, 1.54) is 0 Å². The second kappa shape index (κ2) is 6.04. The molecule has 19 heavy (non-hydrogen) atoms. The second-order valence-corrected chi connectivity index (χ2v) is 5.14. The summed E-state index contributed by atoms with van der Waals surface area (Å²) in [6, 6.07) is 5.46. The fourth-order valence-electron chi connectivity index (χ4n) is 1.77. The molecule has 1 aromatic carbocycles. The van der Waals surface area contributed by atoms with Gasteiger partial charge in [-0.3, -0.25) is 4.68 Å². The fourth-order valence-corrected chi connectivity index (χ4v) is 2.11. The molecular formula is C13H15ClN4S. The molecule has 2 rings (SSSR count). The molecule has 0 aliphatic heterocycles. The first-order valence-corrected chi connectivity index (χ1v) is 6.67. The number of halogens is 1. The average Bonchev–Trinajstić information content (AvgIpc) is 2.77. The van der Waals surface area contributed by atoms with Crippen molar-refractivity contribution in [2.75, 3.05) is 11.9 Å². The van der Waals surface area contributed by atoms with Crippen molar-refractivity contribution in [3.63, 3.8) is 0 Å². The lowest BCUT2D eigenvalue weighted by molar-refractivity contribution is 0.637. The molecule has 0 aliphatic carbocycles. The first kappa shape index (κ1) is 13.8. The molecule has 0 aliphatic rings. The Balaban J connectivity index is 2.01. The van der Waals surface area contributed by atoms with Gasteiger partial charge in [-0.25, -0.2) is 0 Å². The molecule has 0 atom stereocenters. The summed E-state index contributed by atoms with van der Waals surface area (Å²) < 4.78 is 1.89. The lowest BCUT2D eigenvalue weighted by Crippen LogP contribution is -2.16. The SMILES string of the molecule is Cc1cnn(CCNc2ccc(Cl)cc2C(N)=S)c1. The van der Waals surface area contributed by atoms with Gasteiger partial charge in [-0.05, 0) is 30.7 Å². The molecule has 0 bridgehead atoms. The molecule has 0 saturated heterocycles. The molecule has 0 fully saturated rings. The van der Waals surface area contributed by atoms with E-state index < -0.39 is 0 Å². The van der Waals surface area contributed by atoms with Gasteiger partial charge < -0.3 is 11.1 Å². The number of anilines is 1. The minimum atomic E-state index is 0.333. The van der Waals surface area contributed by atoms with Gasteiger partial charge in [0.2, 0.25) is 0 Å². The molecule has 1 aromatic heterocycles. The molecule has 1 heterocycles. The molecule has 100 valence electrons. The highest BCUT2D eigenvalue weighted by Gasteiger charge is 2.05. The minimum Gasteiger partial charge on any atom is -0.389 e. The Kier molecular flexibility index (Phi) is 4.39. The van der Waals surface area contributed by atoms with Crippen molar-refractivity contribution in [1.29, 1.82) is 0 Å². The summed E-state index contributed by atoms with van der Waals surface area (Å²) in [5.74, 6) is 0. The van der Waals surface area contributed by atoms with E-state index >= 15 is 0 Å². The van der Waals surface area contributed by atoms with Crippen molar-refractivity contribution >= 4 is 34.5 Å². The molecule has 4 nitrogen and oxygen atoms in total. The molecule has 0 radical (unpaired) electrons. The standard InChI is InChI=1S/C13H15ClN4S/c1-9-7-17-18(8-9)5-4-16-12-3-2-10(14)6-11(12)13(15)19/h2-3,6-8,16H,4-5H2,1H3,(H2,15,19). The minimum absolute atomic E-state index is 0.333. The Labute approximate surface area is 122 Å². The summed E-state index contributed by atoms with van der Waals surface area (Å²) in [7, 11) is 0. The van der Waals surface area contributed by atoms with Crippen LogP contribution in [-0.2, 0) is 6.54 Å². The van der Waals surface area contributed by atoms with E-state index in [1.54, 1.807) is 6.07 Å². The second-order valence-electron chi connectivity index (χ2n) is 4.26. The maximum Gasteiger partial charge on any atom is 0.106 e. The number of aromatic nitrogens is 2. The Morgan fingerprint density at radius 1 is 1.53 bits per heavy atom. The number of hydrogen-bond acceptors (Lipinski definition) is 3. The van der Waals surface area contributed by atoms with E-state index in [2.05, 4.69) is 10.4 Å². The first-order valence-electron chi connectivity index (χ1n) is 5.88. The molecule has 0 unspecified atom stereocenters. The predicted molar refractivity (Wildman–Crippen MR) is 82.8 cm³/mol. The van der Waals surface area contributed by atoms with Crippen LogP contribution in [0.3, 0.4) is 0 Å². The lowest BCUT2D eigenvalue weighted by atomic mass is 10.2. The van der Waals surface area contributed by atoms with Crippen LogP contribution < -0.4 is 11.1 Å². The van der Waals surface area contributed by atoms with Gasteiger partial charge in [0, 0.05) is 29.0 Å². The highest BCUT2D eigenvalue weighted by molar-refractivity contribution is 7.80. The van der Waals surface area contributed by atoms with E-state index in [0.29, 0.717) is 10.0 Å². The van der Waals surface area contributed by atoms with Crippen LogP contribution in [0.5, 0.6) is 0 Å². The van der Waals surface area contributed by atoms with E-state index in [4.69, 9.17) is 29.6 Å². The molecular weight excluding hydrogens is 280 g/mol. The number of nitrogens with one attached hydrogen (secondary N) is 1. The largest absolute Gasteiger partial charge is 0.389 e.